The lowest BCUT2D eigenvalue weighted by Crippen LogP contribution is -2.35. The molecule has 0 radical (unpaired) electrons. The zero-order chi connectivity index (χ0) is 33.1. The average Bonchev–Trinajstić information content (AvgIpc) is 3.55. The largest absolute Gasteiger partial charge is 0.309 e. The number of para-hydroxylation sites is 3. The van der Waals surface area contributed by atoms with Crippen LogP contribution in [0.5, 0.6) is 0 Å². The van der Waals surface area contributed by atoms with Crippen LogP contribution >= 0.6 is 0 Å². The molecule has 3 nitrogen and oxygen atoms in total. The summed E-state index contributed by atoms with van der Waals surface area (Å²) in [5, 5.41) is 11.6. The van der Waals surface area contributed by atoms with Crippen LogP contribution in [0.25, 0.3) is 61.1 Å². The highest BCUT2D eigenvalue weighted by Gasteiger charge is 2.45. The quantitative estimate of drug-likeness (QED) is 0.188. The van der Waals surface area contributed by atoms with Crippen molar-refractivity contribution in [3.05, 3.63) is 210 Å². The molecule has 7 aromatic carbocycles. The molecule has 0 fully saturated rings. The molecule has 0 saturated heterocycles. The Balaban J connectivity index is 1.09. The molecule has 0 spiro atoms. The van der Waals surface area contributed by atoms with Gasteiger partial charge in [0.05, 0.1) is 33.5 Å². The van der Waals surface area contributed by atoms with Crippen molar-refractivity contribution in [3.63, 3.8) is 0 Å². The summed E-state index contributed by atoms with van der Waals surface area (Å²) < 4.78 is 2.48. The van der Waals surface area contributed by atoms with Crippen molar-refractivity contribution in [1.82, 2.24) is 14.8 Å². The molecule has 1 aliphatic rings. The maximum absolute atomic E-state index is 4.54. The van der Waals surface area contributed by atoms with Gasteiger partial charge in [-0.25, -0.2) is 0 Å². The smallest absolute Gasteiger partial charge is 0.0930 e. The third-order valence-corrected chi connectivity index (χ3v) is 10.4. The molecule has 3 heterocycles. The first-order chi connectivity index (χ1) is 24.8. The van der Waals surface area contributed by atoms with Gasteiger partial charge in [0.15, 0.2) is 0 Å². The van der Waals surface area contributed by atoms with E-state index >= 15 is 0 Å². The van der Waals surface area contributed by atoms with Gasteiger partial charge in [-0.2, -0.15) is 0 Å². The minimum atomic E-state index is -0.505. The molecule has 1 unspecified atom stereocenters. The van der Waals surface area contributed by atoms with Crippen LogP contribution in [0.3, 0.4) is 0 Å². The van der Waals surface area contributed by atoms with Crippen molar-refractivity contribution < 1.29 is 0 Å². The molecule has 3 heteroatoms. The molecule has 50 heavy (non-hydrogen) atoms. The van der Waals surface area contributed by atoms with Crippen molar-refractivity contribution in [2.24, 2.45) is 0 Å². The fourth-order valence-electron chi connectivity index (χ4n) is 8.17. The number of rotatable bonds is 5. The molecule has 1 atom stereocenters. The van der Waals surface area contributed by atoms with Crippen LogP contribution in [0.2, 0.25) is 0 Å². The van der Waals surface area contributed by atoms with Crippen molar-refractivity contribution in [3.8, 4) is 39.3 Å². The number of benzene rings is 7. The predicted octanol–water partition coefficient (Wildman–Crippen LogP) is 11.3. The van der Waals surface area contributed by atoms with Crippen LogP contribution in [0, 0.1) is 0 Å². The SMILES string of the molecule is c1ccc(-c2ccc(-c3ccc(-c4ccc(C5(c6ccccc6)c6ccccc6-n6c7ccccc7c7cccc5c76)cc4)cc3)nn2)cc1. The minimum absolute atomic E-state index is 0.505. The Bertz CT molecular complexity index is 2660. The van der Waals surface area contributed by atoms with Crippen LogP contribution in [0.15, 0.2) is 188 Å². The molecule has 0 saturated carbocycles. The van der Waals surface area contributed by atoms with Gasteiger partial charge in [-0.3, -0.25) is 0 Å². The predicted molar refractivity (Wildman–Crippen MR) is 205 cm³/mol. The summed E-state index contributed by atoms with van der Waals surface area (Å²) in [4.78, 5) is 0. The van der Waals surface area contributed by atoms with E-state index in [0.29, 0.717) is 0 Å². The molecule has 1 aliphatic heterocycles. The molecular weight excluding hydrogens is 607 g/mol. The number of fused-ring (bicyclic) bond motifs is 5. The van der Waals surface area contributed by atoms with E-state index in [9.17, 15) is 0 Å². The Hall–Kier alpha value is -6.58. The van der Waals surface area contributed by atoms with E-state index in [1.54, 1.807) is 0 Å². The van der Waals surface area contributed by atoms with Crippen LogP contribution < -0.4 is 0 Å². The molecule has 9 aromatic rings. The third kappa shape index (κ3) is 4.17. The maximum atomic E-state index is 4.54. The fraction of sp³-hybridized carbons (Fsp3) is 0.0213. The lowest BCUT2D eigenvalue weighted by molar-refractivity contribution is 0.728. The van der Waals surface area contributed by atoms with E-state index in [2.05, 4.69) is 172 Å². The average molecular weight is 638 g/mol. The van der Waals surface area contributed by atoms with Gasteiger partial charge in [0.25, 0.3) is 0 Å². The first kappa shape index (κ1) is 28.4. The topological polar surface area (TPSA) is 30.7 Å². The van der Waals surface area contributed by atoms with Crippen LogP contribution in [0.4, 0.5) is 0 Å². The lowest BCUT2D eigenvalue weighted by Gasteiger charge is -2.41. The number of hydrogen-bond acceptors (Lipinski definition) is 2. The summed E-state index contributed by atoms with van der Waals surface area (Å²) in [6.07, 6.45) is 0. The van der Waals surface area contributed by atoms with Gasteiger partial charge in [-0.1, -0.05) is 164 Å². The Labute approximate surface area is 290 Å². The molecule has 2 aromatic heterocycles. The second-order valence-electron chi connectivity index (χ2n) is 13.0. The van der Waals surface area contributed by atoms with Gasteiger partial charge in [0.2, 0.25) is 0 Å². The van der Waals surface area contributed by atoms with Crippen molar-refractivity contribution in [1.29, 1.82) is 0 Å². The van der Waals surface area contributed by atoms with E-state index < -0.39 is 5.41 Å². The summed E-state index contributed by atoms with van der Waals surface area (Å²) in [5.74, 6) is 0. The Morgan fingerprint density at radius 2 is 0.880 bits per heavy atom. The summed E-state index contributed by atoms with van der Waals surface area (Å²) in [6.45, 7) is 0. The van der Waals surface area contributed by atoms with E-state index in [0.717, 1.165) is 28.1 Å². The summed E-state index contributed by atoms with van der Waals surface area (Å²) >= 11 is 0. The number of nitrogens with zero attached hydrogens (tertiary/aromatic N) is 3. The van der Waals surface area contributed by atoms with Crippen LogP contribution in [0.1, 0.15) is 22.3 Å². The molecule has 0 bridgehead atoms. The summed E-state index contributed by atoms with van der Waals surface area (Å²) in [6, 6.07) is 67.7. The van der Waals surface area contributed by atoms with Gasteiger partial charge in [-0.15, -0.1) is 10.2 Å². The summed E-state index contributed by atoms with van der Waals surface area (Å²) in [5.41, 5.74) is 14.5. The lowest BCUT2D eigenvalue weighted by atomic mass is 9.63. The third-order valence-electron chi connectivity index (χ3n) is 10.4. The molecular formula is C47H31N3. The molecule has 0 N–H and O–H groups in total. The summed E-state index contributed by atoms with van der Waals surface area (Å²) in [7, 11) is 0. The second-order valence-corrected chi connectivity index (χ2v) is 13.0. The molecule has 0 amide bonds. The Kier molecular flexibility index (Phi) is 6.40. The van der Waals surface area contributed by atoms with Gasteiger partial charge in [0.1, 0.15) is 0 Å². The highest BCUT2D eigenvalue weighted by Crippen LogP contribution is 2.54. The molecule has 234 valence electrons. The Morgan fingerprint density at radius 3 is 1.60 bits per heavy atom. The maximum Gasteiger partial charge on any atom is 0.0930 e. The first-order valence-corrected chi connectivity index (χ1v) is 17.1. The van der Waals surface area contributed by atoms with Gasteiger partial charge < -0.3 is 4.57 Å². The van der Waals surface area contributed by atoms with E-state index in [1.807, 2.05) is 30.3 Å². The highest BCUT2D eigenvalue weighted by atomic mass is 15.1. The van der Waals surface area contributed by atoms with Crippen molar-refractivity contribution in [2.75, 3.05) is 0 Å². The van der Waals surface area contributed by atoms with E-state index in [4.69, 9.17) is 0 Å². The van der Waals surface area contributed by atoms with Gasteiger partial charge in [0, 0.05) is 21.9 Å². The van der Waals surface area contributed by atoms with E-state index in [-0.39, 0.29) is 0 Å². The number of aromatic nitrogens is 3. The minimum Gasteiger partial charge on any atom is -0.309 e. The van der Waals surface area contributed by atoms with Crippen LogP contribution in [-0.2, 0) is 5.41 Å². The van der Waals surface area contributed by atoms with Crippen molar-refractivity contribution >= 4 is 21.8 Å². The monoisotopic (exact) mass is 637 g/mol. The van der Waals surface area contributed by atoms with E-state index in [1.165, 1.54) is 55.3 Å². The number of hydrogen-bond donors (Lipinski definition) is 0. The zero-order valence-corrected chi connectivity index (χ0v) is 27.2. The standard InChI is InChI=1S/C47H31N3/c1-3-12-34(13-4-1)42-30-31-43(49-48-42)35-24-22-32(23-25-35)33-26-28-37(29-27-33)47(36-14-5-2-6-15-36)40-18-8-10-21-45(40)50-44-20-9-7-16-38(44)39-17-11-19-41(47)46(39)50/h1-31H. The second kappa shape index (κ2) is 11.3. The first-order valence-electron chi connectivity index (χ1n) is 17.1. The normalized spacial score (nSPS) is 14.9. The fourth-order valence-corrected chi connectivity index (χ4v) is 8.17. The van der Waals surface area contributed by atoms with Crippen molar-refractivity contribution in [2.45, 2.75) is 5.41 Å². The highest BCUT2D eigenvalue weighted by molar-refractivity contribution is 6.12. The van der Waals surface area contributed by atoms with Gasteiger partial charge >= 0.3 is 0 Å². The zero-order valence-electron chi connectivity index (χ0n) is 27.2. The molecule has 10 rings (SSSR count). The van der Waals surface area contributed by atoms with Crippen LogP contribution in [-0.4, -0.2) is 14.8 Å². The van der Waals surface area contributed by atoms with Gasteiger partial charge in [-0.05, 0) is 57.6 Å². The Morgan fingerprint density at radius 1 is 0.360 bits per heavy atom. The molecule has 0 aliphatic carbocycles.